The first-order chi connectivity index (χ1) is 8.10. The highest BCUT2D eigenvalue weighted by Crippen LogP contribution is 2.22. The van der Waals surface area contributed by atoms with Gasteiger partial charge in [0, 0.05) is 32.9 Å². The van der Waals surface area contributed by atoms with Crippen LogP contribution in [0, 0.1) is 0 Å². The number of nitrogens with one attached hydrogen (secondary N) is 2. The van der Waals surface area contributed by atoms with Gasteiger partial charge in [-0.25, -0.2) is 0 Å². The molecule has 0 saturated heterocycles. The van der Waals surface area contributed by atoms with Gasteiger partial charge in [-0.2, -0.15) is 0 Å². The van der Waals surface area contributed by atoms with Crippen molar-refractivity contribution >= 4 is 17.3 Å². The molecule has 1 amide bonds. The van der Waals surface area contributed by atoms with Crippen LogP contribution in [0.25, 0.3) is 0 Å². The van der Waals surface area contributed by atoms with Gasteiger partial charge >= 0.3 is 0 Å². The van der Waals surface area contributed by atoms with Crippen LogP contribution in [0.1, 0.15) is 10.4 Å². The number of hydrogen-bond acceptors (Lipinski definition) is 4. The van der Waals surface area contributed by atoms with Crippen LogP contribution >= 0.6 is 0 Å². The summed E-state index contributed by atoms with van der Waals surface area (Å²) in [6, 6.07) is 5.31. The maximum atomic E-state index is 11.7. The summed E-state index contributed by atoms with van der Waals surface area (Å²) < 4.78 is 0. The number of nitrogens with two attached hydrogens (primary N) is 1. The highest BCUT2D eigenvalue weighted by molar-refractivity contribution is 6.00. The van der Waals surface area contributed by atoms with Crippen LogP contribution in [0.4, 0.5) is 11.4 Å². The van der Waals surface area contributed by atoms with Crippen molar-refractivity contribution in [3.63, 3.8) is 0 Å². The predicted molar refractivity (Wildman–Crippen MR) is 71.4 cm³/mol. The van der Waals surface area contributed by atoms with Gasteiger partial charge in [0.1, 0.15) is 0 Å². The zero-order chi connectivity index (χ0) is 12.8. The maximum absolute atomic E-state index is 11.7. The van der Waals surface area contributed by atoms with E-state index < -0.39 is 0 Å². The highest BCUT2D eigenvalue weighted by Gasteiger charge is 2.13. The molecule has 0 unspecified atom stereocenters. The molecule has 0 saturated carbocycles. The first-order valence-electron chi connectivity index (χ1n) is 5.57. The van der Waals surface area contributed by atoms with E-state index in [2.05, 4.69) is 10.6 Å². The largest absolute Gasteiger partial charge is 0.399 e. The summed E-state index contributed by atoms with van der Waals surface area (Å²) in [5.74, 6) is -0.101. The van der Waals surface area contributed by atoms with Gasteiger partial charge in [-0.3, -0.25) is 4.79 Å². The van der Waals surface area contributed by atoms with Crippen LogP contribution in [-0.2, 0) is 0 Å². The second kappa shape index (κ2) is 6.10. The number of anilines is 2. The Hall–Kier alpha value is -1.75. The molecule has 1 aromatic rings. The fraction of sp³-hybridized carbons (Fsp3) is 0.417. The molecule has 0 atom stereocenters. The molecule has 1 aromatic carbocycles. The fourth-order valence-corrected chi connectivity index (χ4v) is 1.59. The number of benzene rings is 1. The van der Waals surface area contributed by atoms with Crippen molar-refractivity contribution in [2.24, 2.45) is 0 Å². The summed E-state index contributed by atoms with van der Waals surface area (Å²) in [4.78, 5) is 13.7. The summed E-state index contributed by atoms with van der Waals surface area (Å²) in [5, 5.41) is 5.70. The molecule has 0 aliphatic carbocycles. The minimum atomic E-state index is -0.101. The van der Waals surface area contributed by atoms with E-state index in [1.54, 1.807) is 19.2 Å². The van der Waals surface area contributed by atoms with Crippen molar-refractivity contribution in [3.8, 4) is 0 Å². The molecule has 17 heavy (non-hydrogen) atoms. The molecule has 0 radical (unpaired) electrons. The van der Waals surface area contributed by atoms with Crippen molar-refractivity contribution in [2.75, 3.05) is 44.9 Å². The van der Waals surface area contributed by atoms with Gasteiger partial charge < -0.3 is 21.3 Å². The van der Waals surface area contributed by atoms with Crippen LogP contribution in [0.3, 0.4) is 0 Å². The molecule has 0 spiro atoms. The van der Waals surface area contributed by atoms with Crippen molar-refractivity contribution in [1.29, 1.82) is 0 Å². The third-order valence-electron chi connectivity index (χ3n) is 2.60. The number of rotatable bonds is 5. The van der Waals surface area contributed by atoms with Crippen molar-refractivity contribution in [1.82, 2.24) is 10.6 Å². The number of carbonyl (C=O) groups excluding carboxylic acids is 1. The Bertz CT molecular complexity index is 392. The number of likely N-dealkylation sites (N-methyl/N-ethyl adjacent to an activating group) is 2. The summed E-state index contributed by atoms with van der Waals surface area (Å²) >= 11 is 0. The van der Waals surface area contributed by atoms with Gasteiger partial charge in [0.05, 0.1) is 11.3 Å². The van der Waals surface area contributed by atoms with Gasteiger partial charge in [-0.15, -0.1) is 0 Å². The van der Waals surface area contributed by atoms with E-state index in [0.29, 0.717) is 11.3 Å². The lowest BCUT2D eigenvalue weighted by molar-refractivity contribution is 0.0963. The van der Waals surface area contributed by atoms with Crippen LogP contribution in [-0.4, -0.2) is 40.1 Å². The normalized spacial score (nSPS) is 10.1. The summed E-state index contributed by atoms with van der Waals surface area (Å²) in [7, 11) is 5.46. The molecule has 0 aromatic heterocycles. The average Bonchev–Trinajstić information content (AvgIpc) is 2.34. The molecular weight excluding hydrogens is 216 g/mol. The van der Waals surface area contributed by atoms with Gasteiger partial charge in [0.25, 0.3) is 5.91 Å². The second-order valence-electron chi connectivity index (χ2n) is 3.88. The third kappa shape index (κ3) is 3.35. The number of nitrogens with zero attached hydrogens (tertiary/aromatic N) is 1. The van der Waals surface area contributed by atoms with Gasteiger partial charge in [0.2, 0.25) is 0 Å². The highest BCUT2D eigenvalue weighted by atomic mass is 16.1. The maximum Gasteiger partial charge on any atom is 0.253 e. The fourth-order valence-electron chi connectivity index (χ4n) is 1.59. The topological polar surface area (TPSA) is 70.4 Å². The van der Waals surface area contributed by atoms with E-state index in [1.807, 2.05) is 25.1 Å². The first-order valence-corrected chi connectivity index (χ1v) is 5.57. The zero-order valence-corrected chi connectivity index (χ0v) is 10.6. The van der Waals surface area contributed by atoms with Crippen LogP contribution < -0.4 is 21.3 Å². The Kier molecular flexibility index (Phi) is 4.78. The van der Waals surface area contributed by atoms with Crippen LogP contribution in [0.5, 0.6) is 0 Å². The molecule has 0 bridgehead atoms. The summed E-state index contributed by atoms with van der Waals surface area (Å²) in [5.41, 5.74) is 7.90. The number of nitrogen functional groups attached to an aromatic ring is 1. The van der Waals surface area contributed by atoms with Gasteiger partial charge in [-0.05, 0) is 25.2 Å². The van der Waals surface area contributed by atoms with Crippen molar-refractivity contribution < 1.29 is 4.79 Å². The van der Waals surface area contributed by atoms with E-state index >= 15 is 0 Å². The lowest BCUT2D eigenvalue weighted by Gasteiger charge is -2.22. The smallest absolute Gasteiger partial charge is 0.253 e. The number of amides is 1. The van der Waals surface area contributed by atoms with E-state index in [1.165, 1.54) is 0 Å². The van der Waals surface area contributed by atoms with Gasteiger partial charge in [-0.1, -0.05) is 0 Å². The molecule has 0 fully saturated rings. The molecule has 0 heterocycles. The summed E-state index contributed by atoms with van der Waals surface area (Å²) in [6.07, 6.45) is 0. The van der Waals surface area contributed by atoms with E-state index in [-0.39, 0.29) is 5.91 Å². The molecular formula is C12H20N4O. The molecule has 0 aliphatic rings. The molecule has 5 nitrogen and oxygen atoms in total. The average molecular weight is 236 g/mol. The number of hydrogen-bond donors (Lipinski definition) is 3. The lowest BCUT2D eigenvalue weighted by Crippen LogP contribution is -2.29. The Labute approximate surface area is 102 Å². The third-order valence-corrected chi connectivity index (χ3v) is 2.60. The SMILES string of the molecule is CNCCN(C)c1cc(N)ccc1C(=O)NC. The zero-order valence-electron chi connectivity index (χ0n) is 10.6. The Morgan fingerprint density at radius 1 is 1.41 bits per heavy atom. The second-order valence-corrected chi connectivity index (χ2v) is 3.88. The molecule has 94 valence electrons. The molecule has 1 rings (SSSR count). The van der Waals surface area contributed by atoms with Crippen molar-refractivity contribution in [3.05, 3.63) is 23.8 Å². The van der Waals surface area contributed by atoms with Gasteiger partial charge in [0.15, 0.2) is 0 Å². The molecule has 5 heteroatoms. The Balaban J connectivity index is 3.01. The minimum Gasteiger partial charge on any atom is -0.399 e. The quantitative estimate of drug-likeness (QED) is 0.642. The van der Waals surface area contributed by atoms with E-state index in [4.69, 9.17) is 5.73 Å². The standard InChI is InChI=1S/C12H20N4O/c1-14-6-7-16(3)11-8-9(13)4-5-10(11)12(17)15-2/h4-5,8,14H,6-7,13H2,1-3H3,(H,15,17). The summed E-state index contributed by atoms with van der Waals surface area (Å²) in [6.45, 7) is 1.66. The number of carbonyl (C=O) groups is 1. The minimum absolute atomic E-state index is 0.101. The Morgan fingerprint density at radius 3 is 2.71 bits per heavy atom. The van der Waals surface area contributed by atoms with E-state index in [0.717, 1.165) is 18.8 Å². The lowest BCUT2D eigenvalue weighted by atomic mass is 10.1. The molecule has 4 N–H and O–H groups in total. The monoisotopic (exact) mass is 236 g/mol. The van der Waals surface area contributed by atoms with Crippen molar-refractivity contribution in [2.45, 2.75) is 0 Å². The van der Waals surface area contributed by atoms with Crippen LogP contribution in [0.15, 0.2) is 18.2 Å². The molecule has 0 aliphatic heterocycles. The predicted octanol–water partition coefficient (Wildman–Crippen LogP) is 0.284. The first kappa shape index (κ1) is 13.3. The Morgan fingerprint density at radius 2 is 2.12 bits per heavy atom. The van der Waals surface area contributed by atoms with Crippen LogP contribution in [0.2, 0.25) is 0 Å². The van der Waals surface area contributed by atoms with E-state index in [9.17, 15) is 4.79 Å².